The van der Waals surface area contributed by atoms with Gasteiger partial charge in [0.2, 0.25) is 0 Å². The van der Waals surface area contributed by atoms with Crippen LogP contribution in [0.3, 0.4) is 0 Å². The SMILES string of the molecule is Brc1ccc2c(c1)c1cc(I)ccc1n2-c1ccccc1. The monoisotopic (exact) mass is 447 g/mol. The van der Waals surface area contributed by atoms with E-state index in [9.17, 15) is 0 Å². The number of aromatic nitrogens is 1. The molecule has 0 bridgehead atoms. The number of rotatable bonds is 1. The standard InChI is InChI=1S/C18H11BrIN/c19-12-6-8-17-15(10-12)16-11-13(20)7-9-18(16)21(17)14-4-2-1-3-5-14/h1-11H. The zero-order chi connectivity index (χ0) is 14.4. The van der Waals surface area contributed by atoms with Crippen molar-refractivity contribution in [3.8, 4) is 5.69 Å². The van der Waals surface area contributed by atoms with Crippen LogP contribution in [-0.2, 0) is 0 Å². The van der Waals surface area contributed by atoms with Crippen molar-refractivity contribution >= 4 is 60.3 Å². The molecule has 21 heavy (non-hydrogen) atoms. The normalized spacial score (nSPS) is 11.3. The molecular formula is C18H11BrIN. The van der Waals surface area contributed by atoms with Crippen LogP contribution >= 0.6 is 38.5 Å². The number of fused-ring (bicyclic) bond motifs is 3. The third-order valence-electron chi connectivity index (χ3n) is 3.70. The quantitative estimate of drug-likeness (QED) is 0.308. The molecule has 4 rings (SSSR count). The summed E-state index contributed by atoms with van der Waals surface area (Å²) in [6.45, 7) is 0. The van der Waals surface area contributed by atoms with Crippen LogP contribution in [0.15, 0.2) is 71.2 Å². The summed E-state index contributed by atoms with van der Waals surface area (Å²) in [5.41, 5.74) is 3.68. The first-order chi connectivity index (χ1) is 10.2. The van der Waals surface area contributed by atoms with Crippen LogP contribution in [0, 0.1) is 3.57 Å². The molecule has 3 aromatic carbocycles. The van der Waals surface area contributed by atoms with Crippen molar-refractivity contribution in [3.05, 3.63) is 74.8 Å². The highest BCUT2D eigenvalue weighted by Crippen LogP contribution is 2.34. The molecular weight excluding hydrogens is 437 g/mol. The molecule has 4 aromatic rings. The number of hydrogen-bond donors (Lipinski definition) is 0. The first-order valence-electron chi connectivity index (χ1n) is 6.69. The molecule has 1 nitrogen and oxygen atoms in total. The van der Waals surface area contributed by atoms with Crippen molar-refractivity contribution in [2.75, 3.05) is 0 Å². The molecule has 0 radical (unpaired) electrons. The largest absolute Gasteiger partial charge is 0.309 e. The highest BCUT2D eigenvalue weighted by atomic mass is 127. The molecule has 1 heterocycles. The lowest BCUT2D eigenvalue weighted by Crippen LogP contribution is -1.92. The Hall–Kier alpha value is -1.33. The van der Waals surface area contributed by atoms with Gasteiger partial charge >= 0.3 is 0 Å². The minimum Gasteiger partial charge on any atom is -0.309 e. The second-order valence-corrected chi connectivity index (χ2v) is 7.16. The van der Waals surface area contributed by atoms with E-state index in [2.05, 4.69) is 110 Å². The van der Waals surface area contributed by atoms with E-state index in [0.29, 0.717) is 0 Å². The predicted octanol–water partition coefficient (Wildman–Crippen LogP) is 6.15. The third kappa shape index (κ3) is 2.19. The molecule has 0 spiro atoms. The molecule has 0 aliphatic heterocycles. The molecule has 102 valence electrons. The van der Waals surface area contributed by atoms with Gasteiger partial charge < -0.3 is 4.57 Å². The van der Waals surface area contributed by atoms with E-state index in [4.69, 9.17) is 0 Å². The topological polar surface area (TPSA) is 4.93 Å². The Kier molecular flexibility index (Phi) is 3.27. The molecule has 0 N–H and O–H groups in total. The van der Waals surface area contributed by atoms with Gasteiger partial charge in [0.05, 0.1) is 11.0 Å². The molecule has 0 saturated carbocycles. The van der Waals surface area contributed by atoms with Gasteiger partial charge in [0.15, 0.2) is 0 Å². The summed E-state index contributed by atoms with van der Waals surface area (Å²) in [7, 11) is 0. The highest BCUT2D eigenvalue weighted by Gasteiger charge is 2.12. The Morgan fingerprint density at radius 1 is 0.762 bits per heavy atom. The molecule has 3 heteroatoms. The number of hydrogen-bond acceptors (Lipinski definition) is 0. The fourth-order valence-corrected chi connectivity index (χ4v) is 3.68. The highest BCUT2D eigenvalue weighted by molar-refractivity contribution is 14.1. The van der Waals surface area contributed by atoms with Gasteiger partial charge in [-0.15, -0.1) is 0 Å². The average Bonchev–Trinajstić information content (AvgIpc) is 2.81. The second kappa shape index (κ2) is 5.14. The van der Waals surface area contributed by atoms with Gasteiger partial charge in [-0.3, -0.25) is 0 Å². The summed E-state index contributed by atoms with van der Waals surface area (Å²) in [6.07, 6.45) is 0. The Morgan fingerprint density at radius 2 is 1.43 bits per heavy atom. The first kappa shape index (κ1) is 13.3. The molecule has 0 fully saturated rings. The fourth-order valence-electron chi connectivity index (χ4n) is 2.82. The molecule has 1 aromatic heterocycles. The van der Waals surface area contributed by atoms with Crippen molar-refractivity contribution < 1.29 is 0 Å². The van der Waals surface area contributed by atoms with Crippen LogP contribution < -0.4 is 0 Å². The van der Waals surface area contributed by atoms with E-state index in [1.165, 1.54) is 31.1 Å². The summed E-state index contributed by atoms with van der Waals surface area (Å²) in [5, 5.41) is 2.57. The van der Waals surface area contributed by atoms with E-state index < -0.39 is 0 Å². The summed E-state index contributed by atoms with van der Waals surface area (Å²) in [6, 6.07) is 23.6. The van der Waals surface area contributed by atoms with Gasteiger partial charge in [-0.25, -0.2) is 0 Å². The minimum absolute atomic E-state index is 1.11. The Bertz CT molecular complexity index is 898. The predicted molar refractivity (Wildman–Crippen MR) is 101 cm³/mol. The Morgan fingerprint density at radius 3 is 2.19 bits per heavy atom. The van der Waals surface area contributed by atoms with E-state index >= 15 is 0 Å². The molecule has 0 aliphatic rings. The summed E-state index contributed by atoms with van der Waals surface area (Å²) >= 11 is 5.96. The van der Waals surface area contributed by atoms with Gasteiger partial charge in [-0.1, -0.05) is 34.1 Å². The van der Waals surface area contributed by atoms with E-state index in [1.807, 2.05) is 0 Å². The minimum atomic E-state index is 1.11. The van der Waals surface area contributed by atoms with E-state index in [0.717, 1.165) is 4.47 Å². The van der Waals surface area contributed by atoms with Gasteiger partial charge in [-0.2, -0.15) is 0 Å². The van der Waals surface area contributed by atoms with Crippen molar-refractivity contribution in [1.82, 2.24) is 4.57 Å². The van der Waals surface area contributed by atoms with Gasteiger partial charge in [0, 0.05) is 24.5 Å². The maximum absolute atomic E-state index is 3.59. The molecule has 0 amide bonds. The number of benzene rings is 3. The average molecular weight is 448 g/mol. The van der Waals surface area contributed by atoms with Crippen LogP contribution in [0.4, 0.5) is 0 Å². The molecule has 0 unspecified atom stereocenters. The second-order valence-electron chi connectivity index (χ2n) is 4.99. The van der Waals surface area contributed by atoms with Gasteiger partial charge in [0.25, 0.3) is 0 Å². The molecule has 0 aliphatic carbocycles. The van der Waals surface area contributed by atoms with E-state index in [-0.39, 0.29) is 0 Å². The Balaban J connectivity index is 2.22. The smallest absolute Gasteiger partial charge is 0.0541 e. The number of para-hydroxylation sites is 1. The van der Waals surface area contributed by atoms with Crippen LogP contribution in [0.2, 0.25) is 0 Å². The van der Waals surface area contributed by atoms with Crippen molar-refractivity contribution in [2.24, 2.45) is 0 Å². The van der Waals surface area contributed by atoms with Crippen LogP contribution in [0.25, 0.3) is 27.5 Å². The maximum Gasteiger partial charge on any atom is 0.0541 e. The fraction of sp³-hybridized carbons (Fsp3) is 0. The maximum atomic E-state index is 3.59. The van der Waals surface area contributed by atoms with Crippen LogP contribution in [-0.4, -0.2) is 4.57 Å². The third-order valence-corrected chi connectivity index (χ3v) is 4.87. The lowest BCUT2D eigenvalue weighted by atomic mass is 10.2. The molecule has 0 saturated heterocycles. The van der Waals surface area contributed by atoms with Crippen molar-refractivity contribution in [3.63, 3.8) is 0 Å². The van der Waals surface area contributed by atoms with Crippen LogP contribution in [0.1, 0.15) is 0 Å². The summed E-state index contributed by atoms with van der Waals surface area (Å²) in [5.74, 6) is 0. The van der Waals surface area contributed by atoms with E-state index in [1.54, 1.807) is 0 Å². The number of nitrogens with zero attached hydrogens (tertiary/aromatic N) is 1. The van der Waals surface area contributed by atoms with Gasteiger partial charge in [-0.05, 0) is 71.1 Å². The summed E-state index contributed by atoms with van der Waals surface area (Å²) < 4.78 is 4.70. The molecule has 0 atom stereocenters. The van der Waals surface area contributed by atoms with Crippen molar-refractivity contribution in [2.45, 2.75) is 0 Å². The number of halogens is 2. The van der Waals surface area contributed by atoms with Crippen molar-refractivity contribution in [1.29, 1.82) is 0 Å². The zero-order valence-corrected chi connectivity index (χ0v) is 14.8. The lowest BCUT2D eigenvalue weighted by molar-refractivity contribution is 1.18. The first-order valence-corrected chi connectivity index (χ1v) is 8.56. The van der Waals surface area contributed by atoms with Gasteiger partial charge in [0.1, 0.15) is 0 Å². The Labute approximate surface area is 144 Å². The zero-order valence-electron chi connectivity index (χ0n) is 11.1. The van der Waals surface area contributed by atoms with Crippen LogP contribution in [0.5, 0.6) is 0 Å². The summed E-state index contributed by atoms with van der Waals surface area (Å²) in [4.78, 5) is 0. The lowest BCUT2D eigenvalue weighted by Gasteiger charge is -2.07.